The third kappa shape index (κ3) is 2.67. The average molecular weight is 376 g/mol. The smallest absolute Gasteiger partial charge is 0.277 e. The van der Waals surface area contributed by atoms with Crippen molar-refractivity contribution in [2.75, 3.05) is 5.32 Å². The lowest BCUT2D eigenvalue weighted by molar-refractivity contribution is 0.102. The third-order valence-corrected chi connectivity index (χ3v) is 3.71. The number of carbonyl (C=O) groups is 1. The van der Waals surface area contributed by atoms with E-state index in [2.05, 4.69) is 33.0 Å². The van der Waals surface area contributed by atoms with E-state index in [0.29, 0.717) is 16.4 Å². The van der Waals surface area contributed by atoms with E-state index in [1.807, 2.05) is 13.0 Å². The maximum atomic E-state index is 12.1. The summed E-state index contributed by atoms with van der Waals surface area (Å²) in [4.78, 5) is 12.1. The van der Waals surface area contributed by atoms with E-state index in [-0.39, 0.29) is 5.91 Å². The summed E-state index contributed by atoms with van der Waals surface area (Å²) < 4.78 is 2.42. The van der Waals surface area contributed by atoms with E-state index in [1.54, 1.807) is 30.1 Å². The molecule has 0 saturated heterocycles. The summed E-state index contributed by atoms with van der Waals surface area (Å²) in [5.74, 6) is -0.231. The molecule has 0 bridgehead atoms. The van der Waals surface area contributed by atoms with E-state index < -0.39 is 0 Å². The second-order valence-electron chi connectivity index (χ2n) is 3.87. The number of anilines is 1. The topological polar surface area (TPSA) is 46.9 Å². The summed E-state index contributed by atoms with van der Waals surface area (Å²) in [6, 6.07) is 5.40. The number of halogens is 2. The summed E-state index contributed by atoms with van der Waals surface area (Å²) >= 11 is 8.09. The van der Waals surface area contributed by atoms with Crippen LogP contribution in [-0.2, 0) is 7.05 Å². The molecule has 0 aliphatic carbocycles. The zero-order valence-electron chi connectivity index (χ0n) is 9.87. The molecule has 2 aromatic rings. The molecule has 0 atom stereocenters. The Morgan fingerprint density at radius 3 is 2.83 bits per heavy atom. The van der Waals surface area contributed by atoms with Crippen LogP contribution in [0.25, 0.3) is 0 Å². The van der Waals surface area contributed by atoms with Gasteiger partial charge < -0.3 is 5.32 Å². The van der Waals surface area contributed by atoms with E-state index >= 15 is 0 Å². The first-order chi connectivity index (χ1) is 8.49. The Morgan fingerprint density at radius 2 is 2.22 bits per heavy atom. The molecule has 18 heavy (non-hydrogen) atoms. The number of aryl methyl sites for hydroxylation is 1. The summed E-state index contributed by atoms with van der Waals surface area (Å²) in [5, 5.41) is 7.57. The number of nitrogens with one attached hydrogen (secondary N) is 1. The summed E-state index contributed by atoms with van der Waals surface area (Å²) in [6.45, 7) is 1.86. The van der Waals surface area contributed by atoms with Crippen molar-refractivity contribution in [3.63, 3.8) is 0 Å². The molecule has 0 radical (unpaired) electrons. The van der Waals surface area contributed by atoms with Crippen LogP contribution in [0, 0.1) is 10.5 Å². The lowest BCUT2D eigenvalue weighted by Crippen LogP contribution is -2.15. The Morgan fingerprint density at radius 1 is 1.50 bits per heavy atom. The van der Waals surface area contributed by atoms with Crippen LogP contribution in [0.1, 0.15) is 16.1 Å². The maximum absolute atomic E-state index is 12.1. The van der Waals surface area contributed by atoms with Crippen molar-refractivity contribution in [1.82, 2.24) is 9.78 Å². The quantitative estimate of drug-likeness (QED) is 0.819. The summed E-state index contributed by atoms with van der Waals surface area (Å²) in [6.07, 6.45) is 1.79. The lowest BCUT2D eigenvalue weighted by atomic mass is 10.2. The first kappa shape index (κ1) is 13.4. The van der Waals surface area contributed by atoms with Crippen LogP contribution in [0.4, 0.5) is 5.69 Å². The van der Waals surface area contributed by atoms with E-state index in [9.17, 15) is 4.79 Å². The van der Waals surface area contributed by atoms with Crippen molar-refractivity contribution in [3.8, 4) is 0 Å². The molecule has 0 aliphatic heterocycles. The molecule has 1 amide bonds. The van der Waals surface area contributed by atoms with Gasteiger partial charge in [-0.2, -0.15) is 5.10 Å². The van der Waals surface area contributed by atoms with Crippen molar-refractivity contribution < 1.29 is 4.79 Å². The number of rotatable bonds is 2. The number of aromatic nitrogens is 2. The molecule has 4 nitrogen and oxygen atoms in total. The van der Waals surface area contributed by atoms with Crippen LogP contribution in [-0.4, -0.2) is 15.7 Å². The van der Waals surface area contributed by atoms with E-state index in [4.69, 9.17) is 11.6 Å². The molecule has 94 valence electrons. The number of nitrogens with zero attached hydrogens (tertiary/aromatic N) is 2. The van der Waals surface area contributed by atoms with Crippen LogP contribution in [0.15, 0.2) is 24.4 Å². The molecule has 0 unspecified atom stereocenters. The van der Waals surface area contributed by atoms with Crippen molar-refractivity contribution in [2.45, 2.75) is 6.92 Å². The highest BCUT2D eigenvalue weighted by atomic mass is 127. The molecule has 1 heterocycles. The molecule has 6 heteroatoms. The van der Waals surface area contributed by atoms with Crippen LogP contribution in [0.5, 0.6) is 0 Å². The highest BCUT2D eigenvalue weighted by Gasteiger charge is 2.15. The van der Waals surface area contributed by atoms with Gasteiger partial charge in [-0.05, 0) is 47.2 Å². The standard InChI is InChI=1S/C12H11ClIN3O/c1-7-8(13)4-3-5-10(7)15-12(18)11-9(14)6-17(2)16-11/h3-6H,1-2H3,(H,15,18). The van der Waals surface area contributed by atoms with Gasteiger partial charge in [-0.3, -0.25) is 9.48 Å². The first-order valence-corrected chi connectivity index (χ1v) is 6.70. The van der Waals surface area contributed by atoms with Gasteiger partial charge in [0.1, 0.15) is 0 Å². The van der Waals surface area contributed by atoms with Gasteiger partial charge >= 0.3 is 0 Å². The molecule has 0 fully saturated rings. The highest BCUT2D eigenvalue weighted by molar-refractivity contribution is 14.1. The summed E-state index contributed by atoms with van der Waals surface area (Å²) in [5.41, 5.74) is 1.96. The molecule has 0 saturated carbocycles. The minimum absolute atomic E-state index is 0.231. The van der Waals surface area contributed by atoms with Gasteiger partial charge in [0, 0.05) is 24.0 Å². The maximum Gasteiger partial charge on any atom is 0.277 e. The Kier molecular flexibility index (Phi) is 3.91. The second-order valence-corrected chi connectivity index (χ2v) is 5.44. The number of benzene rings is 1. The number of hydrogen-bond acceptors (Lipinski definition) is 2. The molecule has 1 aromatic heterocycles. The molecule has 1 aromatic carbocycles. The Bertz CT molecular complexity index is 609. The SMILES string of the molecule is Cc1c(Cl)cccc1NC(=O)c1nn(C)cc1I. The van der Waals surface area contributed by atoms with Gasteiger partial charge in [-0.15, -0.1) is 0 Å². The number of carbonyl (C=O) groups excluding carboxylic acids is 1. The predicted molar refractivity (Wildman–Crippen MR) is 80.1 cm³/mol. The molecule has 0 aliphatic rings. The van der Waals surface area contributed by atoms with Crippen molar-refractivity contribution in [2.24, 2.45) is 7.05 Å². The normalized spacial score (nSPS) is 10.4. The zero-order chi connectivity index (χ0) is 13.3. The highest BCUT2D eigenvalue weighted by Crippen LogP contribution is 2.23. The van der Waals surface area contributed by atoms with Crippen LogP contribution in [0.2, 0.25) is 5.02 Å². The minimum atomic E-state index is -0.231. The van der Waals surface area contributed by atoms with E-state index in [1.165, 1.54) is 0 Å². The predicted octanol–water partition coefficient (Wildman–Crippen LogP) is 3.24. The van der Waals surface area contributed by atoms with Gasteiger partial charge in [-0.1, -0.05) is 17.7 Å². The zero-order valence-corrected chi connectivity index (χ0v) is 12.8. The van der Waals surface area contributed by atoms with Crippen LogP contribution < -0.4 is 5.32 Å². The van der Waals surface area contributed by atoms with Gasteiger partial charge in [0.15, 0.2) is 5.69 Å². The fourth-order valence-electron chi connectivity index (χ4n) is 1.54. The van der Waals surface area contributed by atoms with Gasteiger partial charge in [-0.25, -0.2) is 0 Å². The Balaban J connectivity index is 2.27. The van der Waals surface area contributed by atoms with Crippen molar-refractivity contribution in [1.29, 1.82) is 0 Å². The molecule has 1 N–H and O–H groups in total. The first-order valence-electron chi connectivity index (χ1n) is 5.24. The fourth-order valence-corrected chi connectivity index (χ4v) is 2.47. The van der Waals surface area contributed by atoms with E-state index in [0.717, 1.165) is 9.13 Å². The monoisotopic (exact) mass is 375 g/mol. The fraction of sp³-hybridized carbons (Fsp3) is 0.167. The number of hydrogen-bond donors (Lipinski definition) is 1. The van der Waals surface area contributed by atoms with Gasteiger partial charge in [0.2, 0.25) is 0 Å². The largest absolute Gasteiger partial charge is 0.320 e. The second kappa shape index (κ2) is 5.27. The Labute approximate surface area is 123 Å². The molecule has 0 spiro atoms. The van der Waals surface area contributed by atoms with Crippen LogP contribution >= 0.6 is 34.2 Å². The van der Waals surface area contributed by atoms with Crippen molar-refractivity contribution in [3.05, 3.63) is 44.2 Å². The lowest BCUT2D eigenvalue weighted by Gasteiger charge is -2.08. The van der Waals surface area contributed by atoms with Crippen molar-refractivity contribution >= 4 is 45.8 Å². The van der Waals surface area contributed by atoms with Crippen LogP contribution in [0.3, 0.4) is 0 Å². The average Bonchev–Trinajstić information content (AvgIpc) is 2.64. The summed E-state index contributed by atoms with van der Waals surface area (Å²) in [7, 11) is 1.78. The third-order valence-electron chi connectivity index (χ3n) is 2.52. The minimum Gasteiger partial charge on any atom is -0.320 e. The molecular weight excluding hydrogens is 365 g/mol. The number of amides is 1. The van der Waals surface area contributed by atoms with Gasteiger partial charge in [0.25, 0.3) is 5.91 Å². The molecular formula is C12H11ClIN3O. The molecule has 2 rings (SSSR count). The Hall–Kier alpha value is -1.08. The van der Waals surface area contributed by atoms with Gasteiger partial charge in [0.05, 0.1) is 3.57 Å².